The molecule has 0 aliphatic heterocycles. The second-order valence-corrected chi connectivity index (χ2v) is 6.15. The molecule has 3 rings (SSSR count). The number of H-pyrrole nitrogens is 1. The van der Waals surface area contributed by atoms with Crippen molar-refractivity contribution >= 4 is 11.8 Å². The first-order chi connectivity index (χ1) is 9.81. The van der Waals surface area contributed by atoms with Gasteiger partial charge >= 0.3 is 0 Å². The molecule has 0 saturated heterocycles. The molecule has 0 bridgehead atoms. The molecule has 1 aliphatic rings. The Morgan fingerprint density at radius 3 is 3.05 bits per heavy atom. The summed E-state index contributed by atoms with van der Waals surface area (Å²) in [6.07, 6.45) is 5.90. The summed E-state index contributed by atoms with van der Waals surface area (Å²) in [4.78, 5) is 7.50. The third kappa shape index (κ3) is 2.55. The summed E-state index contributed by atoms with van der Waals surface area (Å²) in [6.45, 7) is 0. The van der Waals surface area contributed by atoms with Crippen LogP contribution in [0.25, 0.3) is 0 Å². The summed E-state index contributed by atoms with van der Waals surface area (Å²) in [7, 11) is 3.75. The zero-order chi connectivity index (χ0) is 13.9. The number of nitrogens with one attached hydrogen (secondary N) is 2. The number of aromatic nitrogens is 2. The molecule has 0 radical (unpaired) electrons. The number of thioether (sulfide) groups is 1. The SMILES string of the molecule is CNC1c2ccc(OC)cc2CCC1Sc1ncc[nH]1. The number of benzene rings is 1. The molecular formula is C15H19N3OS. The smallest absolute Gasteiger partial charge is 0.165 e. The van der Waals surface area contributed by atoms with E-state index in [-0.39, 0.29) is 0 Å². The quantitative estimate of drug-likeness (QED) is 0.908. The molecule has 4 nitrogen and oxygen atoms in total. The first-order valence-corrected chi connectivity index (χ1v) is 7.70. The van der Waals surface area contributed by atoms with Crippen LogP contribution in [-0.4, -0.2) is 29.4 Å². The van der Waals surface area contributed by atoms with Crippen molar-refractivity contribution in [2.75, 3.05) is 14.2 Å². The minimum Gasteiger partial charge on any atom is -0.497 e. The number of hydrogen-bond acceptors (Lipinski definition) is 4. The molecule has 2 N–H and O–H groups in total. The molecule has 1 aromatic heterocycles. The number of ether oxygens (including phenoxy) is 1. The van der Waals surface area contributed by atoms with E-state index in [4.69, 9.17) is 4.74 Å². The number of imidazole rings is 1. The van der Waals surface area contributed by atoms with Crippen molar-refractivity contribution in [1.29, 1.82) is 0 Å². The molecule has 0 fully saturated rings. The maximum absolute atomic E-state index is 5.32. The van der Waals surface area contributed by atoms with Crippen LogP contribution in [0.15, 0.2) is 35.7 Å². The van der Waals surface area contributed by atoms with E-state index in [0.29, 0.717) is 11.3 Å². The van der Waals surface area contributed by atoms with E-state index in [1.807, 2.05) is 31.1 Å². The van der Waals surface area contributed by atoms with Crippen molar-refractivity contribution in [1.82, 2.24) is 15.3 Å². The largest absolute Gasteiger partial charge is 0.497 e. The van der Waals surface area contributed by atoms with Gasteiger partial charge in [0.25, 0.3) is 0 Å². The fraction of sp³-hybridized carbons (Fsp3) is 0.400. The Labute approximate surface area is 123 Å². The number of rotatable bonds is 4. The molecule has 0 saturated carbocycles. The lowest BCUT2D eigenvalue weighted by molar-refractivity contribution is 0.412. The molecule has 2 unspecified atom stereocenters. The summed E-state index contributed by atoms with van der Waals surface area (Å²) in [5.74, 6) is 0.941. The Balaban J connectivity index is 1.85. The topological polar surface area (TPSA) is 49.9 Å². The minimum atomic E-state index is 0.347. The third-order valence-electron chi connectivity index (χ3n) is 3.80. The number of aromatic amines is 1. The lowest BCUT2D eigenvalue weighted by Crippen LogP contribution is -2.32. The van der Waals surface area contributed by atoms with Crippen LogP contribution in [-0.2, 0) is 6.42 Å². The van der Waals surface area contributed by atoms with Gasteiger partial charge in [0, 0.05) is 23.7 Å². The van der Waals surface area contributed by atoms with Gasteiger partial charge in [-0.3, -0.25) is 0 Å². The number of nitrogens with zero attached hydrogens (tertiary/aromatic N) is 1. The molecule has 106 valence electrons. The Morgan fingerprint density at radius 2 is 2.35 bits per heavy atom. The fourth-order valence-electron chi connectivity index (χ4n) is 2.82. The fourth-order valence-corrected chi connectivity index (χ4v) is 4.02. The van der Waals surface area contributed by atoms with E-state index in [1.54, 1.807) is 13.3 Å². The van der Waals surface area contributed by atoms with E-state index in [0.717, 1.165) is 23.7 Å². The Bertz CT molecular complexity index is 571. The normalized spacial score (nSPS) is 21.5. The molecule has 2 atom stereocenters. The highest BCUT2D eigenvalue weighted by Gasteiger charge is 2.30. The van der Waals surface area contributed by atoms with Gasteiger partial charge in [-0.15, -0.1) is 0 Å². The van der Waals surface area contributed by atoms with Gasteiger partial charge in [0.15, 0.2) is 5.16 Å². The van der Waals surface area contributed by atoms with Crippen LogP contribution in [0.5, 0.6) is 5.75 Å². The Morgan fingerprint density at radius 1 is 1.45 bits per heavy atom. The molecule has 1 aromatic carbocycles. The van der Waals surface area contributed by atoms with E-state index in [2.05, 4.69) is 27.4 Å². The van der Waals surface area contributed by atoms with Crippen LogP contribution in [0, 0.1) is 0 Å². The van der Waals surface area contributed by atoms with E-state index >= 15 is 0 Å². The molecule has 5 heteroatoms. The lowest BCUT2D eigenvalue weighted by atomic mass is 9.87. The van der Waals surface area contributed by atoms with Gasteiger partial charge in [-0.05, 0) is 43.1 Å². The van der Waals surface area contributed by atoms with Crippen LogP contribution >= 0.6 is 11.8 Å². The third-order valence-corrected chi connectivity index (χ3v) is 5.06. The van der Waals surface area contributed by atoms with Crippen molar-refractivity contribution in [2.24, 2.45) is 0 Å². The Hall–Kier alpha value is -1.46. The molecular weight excluding hydrogens is 270 g/mol. The van der Waals surface area contributed by atoms with Crippen molar-refractivity contribution in [3.05, 3.63) is 41.7 Å². The van der Waals surface area contributed by atoms with E-state index in [1.165, 1.54) is 11.1 Å². The lowest BCUT2D eigenvalue weighted by Gasteiger charge is -2.32. The highest BCUT2D eigenvalue weighted by atomic mass is 32.2. The highest BCUT2D eigenvalue weighted by Crippen LogP contribution is 2.39. The molecule has 1 heterocycles. The predicted octanol–water partition coefficient (Wildman–Crippen LogP) is 2.79. The molecule has 20 heavy (non-hydrogen) atoms. The standard InChI is InChI=1S/C15H19N3OS/c1-16-14-12-5-4-11(19-2)9-10(12)3-6-13(14)20-15-17-7-8-18-15/h4-5,7-9,13-14,16H,3,6H2,1-2H3,(H,17,18). The molecule has 2 aromatic rings. The summed E-state index contributed by atoms with van der Waals surface area (Å²) in [6, 6.07) is 6.74. The van der Waals surface area contributed by atoms with Crippen LogP contribution in [0.2, 0.25) is 0 Å². The van der Waals surface area contributed by atoms with Crippen molar-refractivity contribution in [3.63, 3.8) is 0 Å². The van der Waals surface area contributed by atoms with Crippen LogP contribution in [0.3, 0.4) is 0 Å². The van der Waals surface area contributed by atoms with E-state index < -0.39 is 0 Å². The summed E-state index contributed by atoms with van der Waals surface area (Å²) in [5.41, 5.74) is 2.77. The number of hydrogen-bond donors (Lipinski definition) is 2. The monoisotopic (exact) mass is 289 g/mol. The number of aryl methyl sites for hydroxylation is 1. The average Bonchev–Trinajstić information content (AvgIpc) is 2.99. The summed E-state index contributed by atoms with van der Waals surface area (Å²) >= 11 is 1.82. The van der Waals surface area contributed by atoms with Gasteiger partial charge in [-0.2, -0.15) is 0 Å². The zero-order valence-corrected chi connectivity index (χ0v) is 12.5. The maximum atomic E-state index is 5.32. The van der Waals surface area contributed by atoms with Gasteiger partial charge in [0.05, 0.1) is 7.11 Å². The maximum Gasteiger partial charge on any atom is 0.165 e. The van der Waals surface area contributed by atoms with Gasteiger partial charge in [-0.1, -0.05) is 17.8 Å². The van der Waals surface area contributed by atoms with E-state index in [9.17, 15) is 0 Å². The average molecular weight is 289 g/mol. The highest BCUT2D eigenvalue weighted by molar-refractivity contribution is 7.99. The predicted molar refractivity (Wildman–Crippen MR) is 81.3 cm³/mol. The van der Waals surface area contributed by atoms with Crippen molar-refractivity contribution in [2.45, 2.75) is 29.3 Å². The molecule has 0 spiro atoms. The first kappa shape index (κ1) is 13.5. The van der Waals surface area contributed by atoms with Gasteiger partial charge < -0.3 is 15.0 Å². The van der Waals surface area contributed by atoms with Crippen LogP contribution in [0.1, 0.15) is 23.6 Å². The van der Waals surface area contributed by atoms with Crippen LogP contribution in [0.4, 0.5) is 0 Å². The summed E-state index contributed by atoms with van der Waals surface area (Å²) < 4.78 is 5.32. The summed E-state index contributed by atoms with van der Waals surface area (Å²) in [5, 5.41) is 4.94. The van der Waals surface area contributed by atoms with Crippen molar-refractivity contribution in [3.8, 4) is 5.75 Å². The Kier molecular flexibility index (Phi) is 3.98. The second-order valence-electron chi connectivity index (χ2n) is 4.92. The second kappa shape index (κ2) is 5.89. The minimum absolute atomic E-state index is 0.347. The van der Waals surface area contributed by atoms with Crippen LogP contribution < -0.4 is 10.1 Å². The van der Waals surface area contributed by atoms with Gasteiger partial charge in [0.1, 0.15) is 5.75 Å². The van der Waals surface area contributed by atoms with Crippen molar-refractivity contribution < 1.29 is 4.74 Å². The first-order valence-electron chi connectivity index (χ1n) is 6.82. The van der Waals surface area contributed by atoms with Gasteiger partial charge in [0.2, 0.25) is 0 Å². The molecule has 0 amide bonds. The zero-order valence-electron chi connectivity index (χ0n) is 11.7. The molecule has 1 aliphatic carbocycles. The van der Waals surface area contributed by atoms with Gasteiger partial charge in [-0.25, -0.2) is 4.98 Å². The number of fused-ring (bicyclic) bond motifs is 1. The number of methoxy groups -OCH3 is 1.